The van der Waals surface area contributed by atoms with Crippen molar-refractivity contribution in [3.05, 3.63) is 104 Å². The molecule has 0 atom stereocenters. The Morgan fingerprint density at radius 3 is 1.59 bits per heavy atom. The molecule has 0 N–H and O–H groups in total. The molecule has 0 radical (unpaired) electrons. The van der Waals surface area contributed by atoms with Crippen molar-refractivity contribution in [2.24, 2.45) is 0 Å². The fraction of sp³-hybridized carbons (Fsp3) is 0.154. The van der Waals surface area contributed by atoms with E-state index in [0.29, 0.717) is 43.2 Å². The monoisotopic (exact) mass is 559 g/mol. The van der Waals surface area contributed by atoms with Crippen LogP contribution in [0.1, 0.15) is 66.4 Å². The van der Waals surface area contributed by atoms with Crippen molar-refractivity contribution < 1.29 is 19.2 Å². The summed E-state index contributed by atoms with van der Waals surface area (Å²) >= 11 is 15.3. The maximum absolute atomic E-state index is 12.3. The lowest BCUT2D eigenvalue weighted by Gasteiger charge is -2.15. The summed E-state index contributed by atoms with van der Waals surface area (Å²) in [5.74, 6) is -0.702. The highest BCUT2D eigenvalue weighted by atomic mass is 79.9. The van der Waals surface area contributed by atoms with Crippen LogP contribution in [0.25, 0.3) is 0 Å². The van der Waals surface area contributed by atoms with Gasteiger partial charge in [-0.05, 0) is 49.2 Å². The number of carbonyl (C=O) groups is 4. The summed E-state index contributed by atoms with van der Waals surface area (Å²) in [6.07, 6.45) is 0. The van der Waals surface area contributed by atoms with Crippen LogP contribution in [-0.4, -0.2) is 28.3 Å². The van der Waals surface area contributed by atoms with Crippen molar-refractivity contribution in [1.82, 2.24) is 4.90 Å². The molecule has 1 aliphatic rings. The number of rotatable bonds is 5. The van der Waals surface area contributed by atoms with Gasteiger partial charge in [-0.2, -0.15) is 0 Å². The molecular weight excluding hydrogens is 541 g/mol. The molecule has 0 aliphatic carbocycles. The second kappa shape index (κ2) is 11.1. The number of ketones is 2. The standard InChI is InChI=1S/C17H12ClNO3.C9H8BrClO/c1-10(20)11-6-7-12(15(18)8-11)9-19-16(21)13-4-2-3-5-14(13)17(19)22;1-6(12)7-2-3-8(5-10)9(11)4-7/h2-8H,9H2,1H3;2-4H,5H2,1H3. The lowest BCUT2D eigenvalue weighted by molar-refractivity contribution is 0.0641. The van der Waals surface area contributed by atoms with Crippen LogP contribution in [0.3, 0.4) is 0 Å². The zero-order valence-electron chi connectivity index (χ0n) is 18.4. The van der Waals surface area contributed by atoms with Crippen molar-refractivity contribution in [2.75, 3.05) is 0 Å². The number of hydrogen-bond donors (Lipinski definition) is 0. The van der Waals surface area contributed by atoms with Crippen LogP contribution >= 0.6 is 39.1 Å². The van der Waals surface area contributed by atoms with Crippen molar-refractivity contribution in [3.8, 4) is 0 Å². The van der Waals surface area contributed by atoms with Gasteiger partial charge in [-0.15, -0.1) is 0 Å². The molecule has 8 heteroatoms. The first-order valence-corrected chi connectivity index (χ1v) is 12.1. The molecule has 0 saturated heterocycles. The SMILES string of the molecule is CC(=O)c1ccc(CBr)c(Cl)c1.CC(=O)c1ccc(CN2C(=O)c3ccccc3C2=O)c(Cl)c1. The number of amides is 2. The Hall–Kier alpha value is -2.80. The molecule has 0 unspecified atom stereocenters. The summed E-state index contributed by atoms with van der Waals surface area (Å²) in [7, 11) is 0. The molecule has 0 bridgehead atoms. The Balaban J connectivity index is 0.000000229. The molecule has 34 heavy (non-hydrogen) atoms. The molecule has 3 aromatic carbocycles. The fourth-order valence-electron chi connectivity index (χ4n) is 3.32. The third kappa shape index (κ3) is 5.63. The highest BCUT2D eigenvalue weighted by Crippen LogP contribution is 2.27. The quantitative estimate of drug-likeness (QED) is 0.196. The highest BCUT2D eigenvalue weighted by Gasteiger charge is 2.35. The average Bonchev–Trinajstić information content (AvgIpc) is 3.05. The molecule has 1 aliphatic heterocycles. The number of imide groups is 1. The van der Waals surface area contributed by atoms with E-state index in [0.717, 1.165) is 5.56 Å². The van der Waals surface area contributed by atoms with Crippen LogP contribution in [0.5, 0.6) is 0 Å². The summed E-state index contributed by atoms with van der Waals surface area (Å²) in [4.78, 5) is 48.0. The van der Waals surface area contributed by atoms with E-state index in [1.165, 1.54) is 18.7 Å². The van der Waals surface area contributed by atoms with Crippen LogP contribution in [0, 0.1) is 0 Å². The Morgan fingerprint density at radius 2 is 1.21 bits per heavy atom. The van der Waals surface area contributed by atoms with Crippen LogP contribution in [0.4, 0.5) is 0 Å². The molecule has 0 fully saturated rings. The third-order valence-electron chi connectivity index (χ3n) is 5.27. The molecule has 5 nitrogen and oxygen atoms in total. The number of carbonyl (C=O) groups excluding carboxylic acids is 4. The van der Waals surface area contributed by atoms with Gasteiger partial charge in [0.05, 0.1) is 17.7 Å². The number of alkyl halides is 1. The molecule has 4 rings (SSSR count). The van der Waals surface area contributed by atoms with Crippen LogP contribution in [0.2, 0.25) is 10.0 Å². The first-order valence-electron chi connectivity index (χ1n) is 10.2. The Labute approximate surface area is 215 Å². The lowest BCUT2D eigenvalue weighted by atomic mass is 10.1. The van der Waals surface area contributed by atoms with E-state index in [4.69, 9.17) is 23.2 Å². The average molecular weight is 561 g/mol. The van der Waals surface area contributed by atoms with E-state index in [2.05, 4.69) is 15.9 Å². The first-order chi connectivity index (χ1) is 16.1. The molecule has 1 heterocycles. The number of hydrogen-bond acceptors (Lipinski definition) is 4. The number of nitrogens with zero attached hydrogens (tertiary/aromatic N) is 1. The molecule has 174 valence electrons. The van der Waals surface area contributed by atoms with Gasteiger partial charge >= 0.3 is 0 Å². The summed E-state index contributed by atoms with van der Waals surface area (Å²) in [5.41, 5.74) is 3.59. The predicted molar refractivity (Wildman–Crippen MR) is 136 cm³/mol. The minimum atomic E-state index is -0.327. The molecule has 0 spiro atoms. The molecule has 0 aromatic heterocycles. The Bertz CT molecular complexity index is 1270. The summed E-state index contributed by atoms with van der Waals surface area (Å²) in [6.45, 7) is 3.07. The van der Waals surface area contributed by atoms with Gasteiger partial charge in [0, 0.05) is 26.5 Å². The summed E-state index contributed by atoms with van der Waals surface area (Å²) < 4.78 is 0. The van der Waals surface area contributed by atoms with Gasteiger partial charge < -0.3 is 0 Å². The fourth-order valence-corrected chi connectivity index (χ4v) is 4.46. The maximum atomic E-state index is 12.3. The number of benzene rings is 3. The smallest absolute Gasteiger partial charge is 0.261 e. The highest BCUT2D eigenvalue weighted by molar-refractivity contribution is 9.08. The van der Waals surface area contributed by atoms with Gasteiger partial charge in [0.1, 0.15) is 0 Å². The second-order valence-corrected chi connectivity index (χ2v) is 8.98. The largest absolute Gasteiger partial charge is 0.295 e. The van der Waals surface area contributed by atoms with E-state index in [1.807, 2.05) is 6.07 Å². The molecule has 2 amide bonds. The maximum Gasteiger partial charge on any atom is 0.261 e. The van der Waals surface area contributed by atoms with E-state index < -0.39 is 0 Å². The number of Topliss-reactive ketones (excluding diaryl/α,β-unsaturated/α-hetero) is 2. The number of halogens is 3. The van der Waals surface area contributed by atoms with E-state index in [-0.39, 0.29) is 29.9 Å². The van der Waals surface area contributed by atoms with Gasteiger partial charge in [0.2, 0.25) is 0 Å². The number of fused-ring (bicyclic) bond motifs is 1. The minimum absolute atomic E-state index is 0.0398. The van der Waals surface area contributed by atoms with Crippen molar-refractivity contribution in [2.45, 2.75) is 25.7 Å². The van der Waals surface area contributed by atoms with Gasteiger partial charge in [-0.25, -0.2) is 0 Å². The van der Waals surface area contributed by atoms with Gasteiger partial charge in [-0.1, -0.05) is 75.5 Å². The van der Waals surface area contributed by atoms with Gasteiger partial charge in [-0.3, -0.25) is 24.1 Å². The predicted octanol–water partition coefficient (Wildman–Crippen LogP) is 6.78. The lowest BCUT2D eigenvalue weighted by Crippen LogP contribution is -2.29. The zero-order valence-corrected chi connectivity index (χ0v) is 21.5. The second-order valence-electron chi connectivity index (χ2n) is 7.60. The van der Waals surface area contributed by atoms with Crippen LogP contribution < -0.4 is 0 Å². The van der Waals surface area contributed by atoms with E-state index in [9.17, 15) is 19.2 Å². The van der Waals surface area contributed by atoms with Gasteiger partial charge in [0.25, 0.3) is 11.8 Å². The van der Waals surface area contributed by atoms with Crippen LogP contribution in [-0.2, 0) is 11.9 Å². The zero-order chi connectivity index (χ0) is 25.0. The molecule has 0 saturated carbocycles. The Morgan fingerprint density at radius 1 is 0.765 bits per heavy atom. The third-order valence-corrected chi connectivity index (χ3v) is 6.58. The van der Waals surface area contributed by atoms with E-state index >= 15 is 0 Å². The van der Waals surface area contributed by atoms with Gasteiger partial charge in [0.15, 0.2) is 11.6 Å². The topological polar surface area (TPSA) is 71.5 Å². The minimum Gasteiger partial charge on any atom is -0.295 e. The normalized spacial score (nSPS) is 12.2. The first kappa shape index (κ1) is 25.8. The summed E-state index contributed by atoms with van der Waals surface area (Å²) in [5, 5.41) is 1.72. The van der Waals surface area contributed by atoms with E-state index in [1.54, 1.807) is 54.6 Å². The van der Waals surface area contributed by atoms with Crippen molar-refractivity contribution >= 4 is 62.5 Å². The van der Waals surface area contributed by atoms with Crippen molar-refractivity contribution in [1.29, 1.82) is 0 Å². The Kier molecular flexibility index (Phi) is 8.42. The van der Waals surface area contributed by atoms with Crippen LogP contribution in [0.15, 0.2) is 60.7 Å². The van der Waals surface area contributed by atoms with Crippen molar-refractivity contribution in [3.63, 3.8) is 0 Å². The summed E-state index contributed by atoms with van der Waals surface area (Å²) in [6, 6.07) is 16.9. The molecular formula is C26H20BrCl2NO4. The molecule has 3 aromatic rings.